The van der Waals surface area contributed by atoms with Gasteiger partial charge in [0.1, 0.15) is 24.4 Å². The Morgan fingerprint density at radius 2 is 1.43 bits per heavy atom. The highest BCUT2D eigenvalue weighted by Gasteiger charge is 2.41. The Morgan fingerprint density at radius 1 is 1.00 bits per heavy atom. The number of hydrogen-bond donors (Lipinski definition) is 6. The Morgan fingerprint density at radius 3 is 1.71 bits per heavy atom. The van der Waals surface area contributed by atoms with Crippen LogP contribution in [0.1, 0.15) is 0 Å². The molecule has 0 aromatic carbocycles. The molecule has 0 aromatic heterocycles. The molecule has 14 heavy (non-hydrogen) atoms. The van der Waals surface area contributed by atoms with Crippen molar-refractivity contribution < 1.29 is 30.6 Å². The summed E-state index contributed by atoms with van der Waals surface area (Å²) in [4.78, 5) is 0. The van der Waals surface area contributed by atoms with E-state index < -0.39 is 35.5 Å². The smallest absolute Gasteiger partial charge is 0.244 e. The Kier molecular flexibility index (Phi) is 5.56. The van der Waals surface area contributed by atoms with Gasteiger partial charge in [0.2, 0.25) is 4.52 Å². The molecule has 0 aliphatic rings. The molecule has 0 spiro atoms. The first-order valence-electron chi connectivity index (χ1n) is 3.65. The Bertz CT molecular complexity index is 172. The Balaban J connectivity index is 4.38. The molecule has 86 valence electrons. The molecule has 4 atom stereocenters. The summed E-state index contributed by atoms with van der Waals surface area (Å²) in [5.74, 6) is 0. The third-order valence-corrected chi connectivity index (χ3v) is 2.06. The highest BCUT2D eigenvalue weighted by molar-refractivity contribution is 6.47. The van der Waals surface area contributed by atoms with Gasteiger partial charge in [-0.25, -0.2) is 0 Å². The summed E-state index contributed by atoms with van der Waals surface area (Å²) in [6.45, 7) is -0.825. The average molecular weight is 251 g/mol. The van der Waals surface area contributed by atoms with Crippen molar-refractivity contribution in [2.75, 3.05) is 6.61 Å². The second kappa shape index (κ2) is 5.43. The van der Waals surface area contributed by atoms with Gasteiger partial charge in [-0.15, -0.1) is 0 Å². The SMILES string of the molecule is OC[C@H](O)[C@@H](O)[C@H](O)[C@@H](O)C(O)(Cl)Cl. The average Bonchev–Trinajstić information content (AvgIpc) is 2.11. The predicted octanol–water partition coefficient (Wildman–Crippen LogP) is -2.45. The fourth-order valence-corrected chi connectivity index (χ4v) is 0.986. The molecule has 0 aliphatic carbocycles. The lowest BCUT2D eigenvalue weighted by atomic mass is 10.0. The van der Waals surface area contributed by atoms with Gasteiger partial charge in [-0.2, -0.15) is 0 Å². The van der Waals surface area contributed by atoms with E-state index in [0.29, 0.717) is 0 Å². The van der Waals surface area contributed by atoms with E-state index in [0.717, 1.165) is 0 Å². The van der Waals surface area contributed by atoms with Crippen molar-refractivity contribution in [2.45, 2.75) is 28.9 Å². The molecule has 0 bridgehead atoms. The van der Waals surface area contributed by atoms with E-state index in [2.05, 4.69) is 0 Å². The molecule has 0 unspecified atom stereocenters. The summed E-state index contributed by atoms with van der Waals surface area (Å²) in [5, 5.41) is 53.4. The van der Waals surface area contributed by atoms with E-state index in [-0.39, 0.29) is 0 Å². The number of hydrogen-bond acceptors (Lipinski definition) is 6. The van der Waals surface area contributed by atoms with Crippen LogP contribution in [0.15, 0.2) is 0 Å². The van der Waals surface area contributed by atoms with E-state index in [4.69, 9.17) is 53.8 Å². The largest absolute Gasteiger partial charge is 0.394 e. The van der Waals surface area contributed by atoms with Crippen LogP contribution in [-0.2, 0) is 0 Å². The Hall–Kier alpha value is 0.340. The Labute approximate surface area is 89.9 Å². The maximum atomic E-state index is 9.12. The summed E-state index contributed by atoms with van der Waals surface area (Å²) < 4.78 is -2.66. The predicted molar refractivity (Wildman–Crippen MR) is 47.8 cm³/mol. The summed E-state index contributed by atoms with van der Waals surface area (Å²) >= 11 is 10.1. The van der Waals surface area contributed by atoms with Gasteiger partial charge in [0.05, 0.1) is 6.61 Å². The molecular formula is C6H12Cl2O6. The van der Waals surface area contributed by atoms with E-state index in [1.807, 2.05) is 0 Å². The standard InChI is InChI=1S/C6H12Cl2O6/c7-6(8,14)5(13)4(12)3(11)2(10)1-9/h2-5,9-14H,1H2/t2-,3+,4-,5+/m0/s1. The molecule has 0 amide bonds. The fraction of sp³-hybridized carbons (Fsp3) is 1.00. The molecule has 0 rings (SSSR count). The fourth-order valence-electron chi connectivity index (χ4n) is 0.728. The molecule has 0 radical (unpaired) electrons. The molecule has 0 fully saturated rings. The van der Waals surface area contributed by atoms with Gasteiger partial charge in [-0.1, -0.05) is 23.2 Å². The van der Waals surface area contributed by atoms with Gasteiger partial charge < -0.3 is 30.6 Å². The van der Waals surface area contributed by atoms with Crippen molar-refractivity contribution in [3.05, 3.63) is 0 Å². The van der Waals surface area contributed by atoms with Crippen LogP contribution in [0, 0.1) is 0 Å². The van der Waals surface area contributed by atoms with Crippen molar-refractivity contribution >= 4 is 23.2 Å². The molecule has 8 heteroatoms. The highest BCUT2D eigenvalue weighted by atomic mass is 35.5. The van der Waals surface area contributed by atoms with Crippen LogP contribution >= 0.6 is 23.2 Å². The first kappa shape index (κ1) is 14.3. The van der Waals surface area contributed by atoms with Gasteiger partial charge in [0.15, 0.2) is 0 Å². The maximum Gasteiger partial charge on any atom is 0.244 e. The highest BCUT2D eigenvalue weighted by Crippen LogP contribution is 2.25. The first-order valence-corrected chi connectivity index (χ1v) is 4.40. The monoisotopic (exact) mass is 250 g/mol. The minimum atomic E-state index is -2.66. The minimum Gasteiger partial charge on any atom is -0.394 e. The molecule has 0 aliphatic heterocycles. The third kappa shape index (κ3) is 3.84. The van der Waals surface area contributed by atoms with Crippen LogP contribution in [0.5, 0.6) is 0 Å². The summed E-state index contributed by atoms with van der Waals surface area (Å²) in [6.07, 6.45) is -7.62. The summed E-state index contributed by atoms with van der Waals surface area (Å²) in [6, 6.07) is 0. The van der Waals surface area contributed by atoms with Crippen LogP contribution < -0.4 is 0 Å². The van der Waals surface area contributed by atoms with Crippen molar-refractivity contribution in [1.82, 2.24) is 0 Å². The molecular weight excluding hydrogens is 239 g/mol. The molecule has 0 aromatic rings. The number of halogens is 2. The van der Waals surface area contributed by atoms with E-state index in [1.54, 1.807) is 0 Å². The molecule has 0 saturated carbocycles. The van der Waals surface area contributed by atoms with Gasteiger partial charge >= 0.3 is 0 Å². The quantitative estimate of drug-likeness (QED) is 0.301. The van der Waals surface area contributed by atoms with Crippen molar-refractivity contribution in [2.24, 2.45) is 0 Å². The van der Waals surface area contributed by atoms with E-state index in [9.17, 15) is 0 Å². The van der Waals surface area contributed by atoms with Gasteiger partial charge in [-0.3, -0.25) is 0 Å². The lowest BCUT2D eigenvalue weighted by Gasteiger charge is -2.29. The number of rotatable bonds is 5. The van der Waals surface area contributed by atoms with Crippen LogP contribution in [0.4, 0.5) is 0 Å². The maximum absolute atomic E-state index is 9.12. The van der Waals surface area contributed by atoms with E-state index in [1.165, 1.54) is 0 Å². The lowest BCUT2D eigenvalue weighted by Crippen LogP contribution is -2.51. The zero-order valence-corrected chi connectivity index (χ0v) is 8.47. The third-order valence-electron chi connectivity index (χ3n) is 1.61. The molecule has 0 heterocycles. The van der Waals surface area contributed by atoms with Gasteiger partial charge in [-0.05, 0) is 0 Å². The minimum absolute atomic E-state index is 0.825. The van der Waals surface area contributed by atoms with Crippen molar-refractivity contribution in [3.63, 3.8) is 0 Å². The van der Waals surface area contributed by atoms with Crippen molar-refractivity contribution in [3.8, 4) is 0 Å². The van der Waals surface area contributed by atoms with E-state index >= 15 is 0 Å². The zero-order valence-electron chi connectivity index (χ0n) is 6.96. The second-order valence-corrected chi connectivity index (χ2v) is 4.11. The summed E-state index contributed by atoms with van der Waals surface area (Å²) in [7, 11) is 0. The number of alkyl halides is 2. The molecule has 6 N–H and O–H groups in total. The van der Waals surface area contributed by atoms with Crippen LogP contribution in [0.3, 0.4) is 0 Å². The number of aliphatic hydroxyl groups is 6. The molecule has 0 saturated heterocycles. The summed E-state index contributed by atoms with van der Waals surface area (Å²) in [5.41, 5.74) is 0. The first-order chi connectivity index (χ1) is 6.21. The van der Waals surface area contributed by atoms with Gasteiger partial charge in [0, 0.05) is 0 Å². The topological polar surface area (TPSA) is 121 Å². The van der Waals surface area contributed by atoms with Gasteiger partial charge in [0.25, 0.3) is 0 Å². The van der Waals surface area contributed by atoms with Crippen LogP contribution in [0.2, 0.25) is 0 Å². The van der Waals surface area contributed by atoms with Crippen LogP contribution in [-0.4, -0.2) is 66.2 Å². The number of aliphatic hydroxyl groups excluding tert-OH is 5. The lowest BCUT2D eigenvalue weighted by molar-refractivity contribution is -0.135. The zero-order chi connectivity index (χ0) is 11.5. The van der Waals surface area contributed by atoms with Crippen LogP contribution in [0.25, 0.3) is 0 Å². The molecule has 6 nitrogen and oxygen atoms in total. The van der Waals surface area contributed by atoms with Crippen molar-refractivity contribution in [1.29, 1.82) is 0 Å². The normalized spacial score (nSPS) is 21.4. The second-order valence-electron chi connectivity index (χ2n) is 2.76.